The average molecular weight is 368 g/mol. The fraction of sp³-hybridized carbons (Fsp3) is 0.625. The number of rotatable bonds is 3. The van der Waals surface area contributed by atoms with E-state index in [-0.39, 0.29) is 24.8 Å². The SMILES string of the molecule is Cl.Cl.Clc1ccc([C@H](C2CCOCC2)N2CCNCC2)cc1. The Kier molecular flexibility index (Phi) is 9.07. The molecule has 0 unspecified atom stereocenters. The number of nitrogens with zero attached hydrogens (tertiary/aromatic N) is 1. The summed E-state index contributed by atoms with van der Waals surface area (Å²) in [6.45, 7) is 6.25. The molecule has 126 valence electrons. The molecule has 0 saturated carbocycles. The molecule has 22 heavy (non-hydrogen) atoms. The summed E-state index contributed by atoms with van der Waals surface area (Å²) in [5.41, 5.74) is 1.41. The molecule has 0 radical (unpaired) electrons. The lowest BCUT2D eigenvalue weighted by molar-refractivity contribution is 0.0213. The van der Waals surface area contributed by atoms with Gasteiger partial charge >= 0.3 is 0 Å². The van der Waals surface area contributed by atoms with Gasteiger partial charge < -0.3 is 10.1 Å². The number of ether oxygens (including phenoxy) is 1. The predicted molar refractivity (Wildman–Crippen MR) is 96.7 cm³/mol. The highest BCUT2D eigenvalue weighted by atomic mass is 35.5. The topological polar surface area (TPSA) is 24.5 Å². The summed E-state index contributed by atoms with van der Waals surface area (Å²) in [5, 5.41) is 4.26. The predicted octanol–water partition coefficient (Wildman–Crippen LogP) is 3.56. The summed E-state index contributed by atoms with van der Waals surface area (Å²) in [7, 11) is 0. The molecule has 1 atom stereocenters. The van der Waals surface area contributed by atoms with Gasteiger partial charge in [-0.05, 0) is 36.5 Å². The molecular formula is C16H25Cl3N2O. The Labute approximate surface area is 150 Å². The molecule has 1 N–H and O–H groups in total. The maximum absolute atomic E-state index is 6.04. The maximum atomic E-state index is 6.04. The summed E-state index contributed by atoms with van der Waals surface area (Å²) in [4.78, 5) is 2.63. The van der Waals surface area contributed by atoms with Crippen LogP contribution in [0, 0.1) is 5.92 Å². The van der Waals surface area contributed by atoms with Crippen molar-refractivity contribution in [3.63, 3.8) is 0 Å². The van der Waals surface area contributed by atoms with Crippen LogP contribution in [0.2, 0.25) is 5.02 Å². The highest BCUT2D eigenvalue weighted by Gasteiger charge is 2.31. The number of hydrogen-bond acceptors (Lipinski definition) is 3. The quantitative estimate of drug-likeness (QED) is 0.884. The van der Waals surface area contributed by atoms with E-state index in [1.807, 2.05) is 12.1 Å². The van der Waals surface area contributed by atoms with Gasteiger partial charge in [0, 0.05) is 50.5 Å². The lowest BCUT2D eigenvalue weighted by Gasteiger charge is -2.41. The molecule has 3 nitrogen and oxygen atoms in total. The van der Waals surface area contributed by atoms with E-state index in [1.54, 1.807) is 0 Å². The minimum absolute atomic E-state index is 0. The molecule has 2 fully saturated rings. The lowest BCUT2D eigenvalue weighted by Crippen LogP contribution is -2.47. The van der Waals surface area contributed by atoms with Crippen LogP contribution in [-0.4, -0.2) is 44.3 Å². The molecular weight excluding hydrogens is 343 g/mol. The smallest absolute Gasteiger partial charge is 0.0469 e. The fourth-order valence-electron chi connectivity index (χ4n) is 3.43. The van der Waals surface area contributed by atoms with Gasteiger partial charge in [0.15, 0.2) is 0 Å². The monoisotopic (exact) mass is 366 g/mol. The van der Waals surface area contributed by atoms with Crippen molar-refractivity contribution in [1.82, 2.24) is 10.2 Å². The second-order valence-corrected chi connectivity index (χ2v) is 6.17. The van der Waals surface area contributed by atoms with Gasteiger partial charge in [-0.2, -0.15) is 0 Å². The van der Waals surface area contributed by atoms with Gasteiger partial charge in [-0.3, -0.25) is 4.90 Å². The molecule has 0 aliphatic carbocycles. The second-order valence-electron chi connectivity index (χ2n) is 5.73. The van der Waals surface area contributed by atoms with Crippen molar-refractivity contribution in [3.8, 4) is 0 Å². The number of hydrogen-bond donors (Lipinski definition) is 1. The summed E-state index contributed by atoms with van der Waals surface area (Å²) < 4.78 is 5.54. The van der Waals surface area contributed by atoms with Gasteiger partial charge in [0.1, 0.15) is 0 Å². The van der Waals surface area contributed by atoms with E-state index in [1.165, 1.54) is 5.56 Å². The summed E-state index contributed by atoms with van der Waals surface area (Å²) in [5.74, 6) is 0.697. The first-order valence-corrected chi connectivity index (χ1v) is 8.00. The molecule has 1 aromatic rings. The van der Waals surface area contributed by atoms with E-state index in [0.717, 1.165) is 57.3 Å². The highest BCUT2D eigenvalue weighted by molar-refractivity contribution is 6.30. The van der Waals surface area contributed by atoms with Gasteiger partial charge in [0.2, 0.25) is 0 Å². The maximum Gasteiger partial charge on any atom is 0.0469 e. The molecule has 0 aromatic heterocycles. The Morgan fingerprint density at radius 2 is 1.64 bits per heavy atom. The van der Waals surface area contributed by atoms with Crippen LogP contribution in [0.3, 0.4) is 0 Å². The van der Waals surface area contributed by atoms with Crippen LogP contribution in [0.1, 0.15) is 24.4 Å². The zero-order chi connectivity index (χ0) is 13.8. The van der Waals surface area contributed by atoms with Crippen molar-refractivity contribution < 1.29 is 4.74 Å². The third-order valence-corrected chi connectivity index (χ3v) is 4.72. The van der Waals surface area contributed by atoms with E-state index < -0.39 is 0 Å². The Balaban J connectivity index is 0.00000121. The van der Waals surface area contributed by atoms with Crippen LogP contribution in [0.15, 0.2) is 24.3 Å². The molecule has 2 aliphatic heterocycles. The minimum atomic E-state index is 0. The van der Waals surface area contributed by atoms with Crippen LogP contribution in [0.4, 0.5) is 0 Å². The van der Waals surface area contributed by atoms with Crippen molar-refractivity contribution in [1.29, 1.82) is 0 Å². The van der Waals surface area contributed by atoms with Crippen LogP contribution in [0.5, 0.6) is 0 Å². The molecule has 2 heterocycles. The normalized spacial score (nSPS) is 21.5. The Morgan fingerprint density at radius 1 is 1.05 bits per heavy atom. The van der Waals surface area contributed by atoms with Crippen molar-refractivity contribution in [3.05, 3.63) is 34.9 Å². The highest BCUT2D eigenvalue weighted by Crippen LogP contribution is 2.35. The number of piperazine rings is 1. The molecule has 3 rings (SSSR count). The van der Waals surface area contributed by atoms with Crippen LogP contribution >= 0.6 is 36.4 Å². The fourth-order valence-corrected chi connectivity index (χ4v) is 3.56. The number of benzene rings is 1. The third kappa shape index (κ3) is 4.98. The summed E-state index contributed by atoms with van der Waals surface area (Å²) >= 11 is 6.04. The first-order valence-electron chi connectivity index (χ1n) is 7.62. The summed E-state index contributed by atoms with van der Waals surface area (Å²) in [6, 6.07) is 8.95. The Bertz CT molecular complexity index is 400. The molecule has 0 spiro atoms. The standard InChI is InChI=1S/C16H23ClN2O.2ClH/c17-15-3-1-13(2-4-15)16(14-5-11-20-12-6-14)19-9-7-18-8-10-19;;/h1-4,14,16,18H,5-12H2;2*1H/t16-;;/m1../s1. The van der Waals surface area contributed by atoms with E-state index in [4.69, 9.17) is 16.3 Å². The second kappa shape index (κ2) is 9.96. The average Bonchev–Trinajstić information content (AvgIpc) is 2.52. The van der Waals surface area contributed by atoms with Crippen molar-refractivity contribution in [2.45, 2.75) is 18.9 Å². The van der Waals surface area contributed by atoms with Gasteiger partial charge in [-0.1, -0.05) is 23.7 Å². The molecule has 6 heteroatoms. The van der Waals surface area contributed by atoms with Crippen molar-refractivity contribution in [2.75, 3.05) is 39.4 Å². The Hall–Kier alpha value is -0.0300. The number of nitrogens with one attached hydrogen (secondary N) is 1. The first-order chi connectivity index (χ1) is 9.84. The van der Waals surface area contributed by atoms with Crippen LogP contribution in [0.25, 0.3) is 0 Å². The van der Waals surface area contributed by atoms with Gasteiger partial charge in [-0.15, -0.1) is 24.8 Å². The van der Waals surface area contributed by atoms with E-state index in [2.05, 4.69) is 22.3 Å². The Morgan fingerprint density at radius 3 is 2.23 bits per heavy atom. The minimum Gasteiger partial charge on any atom is -0.381 e. The lowest BCUT2D eigenvalue weighted by atomic mass is 9.85. The van der Waals surface area contributed by atoms with Crippen molar-refractivity contribution in [2.24, 2.45) is 5.92 Å². The largest absolute Gasteiger partial charge is 0.381 e. The van der Waals surface area contributed by atoms with E-state index in [0.29, 0.717) is 12.0 Å². The van der Waals surface area contributed by atoms with Crippen LogP contribution in [-0.2, 0) is 4.74 Å². The van der Waals surface area contributed by atoms with E-state index in [9.17, 15) is 0 Å². The number of halogens is 3. The van der Waals surface area contributed by atoms with Gasteiger partial charge in [-0.25, -0.2) is 0 Å². The summed E-state index contributed by atoms with van der Waals surface area (Å²) in [6.07, 6.45) is 2.33. The van der Waals surface area contributed by atoms with Crippen LogP contribution < -0.4 is 5.32 Å². The third-order valence-electron chi connectivity index (χ3n) is 4.47. The molecule has 1 aromatic carbocycles. The molecule has 0 amide bonds. The molecule has 2 saturated heterocycles. The zero-order valence-electron chi connectivity index (χ0n) is 12.7. The molecule has 2 aliphatic rings. The van der Waals surface area contributed by atoms with Crippen molar-refractivity contribution >= 4 is 36.4 Å². The zero-order valence-corrected chi connectivity index (χ0v) is 15.1. The van der Waals surface area contributed by atoms with Gasteiger partial charge in [0.25, 0.3) is 0 Å². The van der Waals surface area contributed by atoms with E-state index >= 15 is 0 Å². The molecule has 0 bridgehead atoms. The van der Waals surface area contributed by atoms with Gasteiger partial charge in [0.05, 0.1) is 0 Å². The first kappa shape index (κ1) is 20.0.